The topological polar surface area (TPSA) is 63.1 Å². The van der Waals surface area contributed by atoms with Crippen LogP contribution in [0.3, 0.4) is 0 Å². The van der Waals surface area contributed by atoms with Crippen molar-refractivity contribution in [3.63, 3.8) is 0 Å². The summed E-state index contributed by atoms with van der Waals surface area (Å²) in [5, 5.41) is 11.0. The van der Waals surface area contributed by atoms with Gasteiger partial charge < -0.3 is 5.11 Å². The fraction of sp³-hybridized carbons (Fsp3) is 0.100. The number of aryl methyl sites for hydroxylation is 1. The Morgan fingerprint density at radius 1 is 1.50 bits per heavy atom. The summed E-state index contributed by atoms with van der Waals surface area (Å²) in [6, 6.07) is 1.85. The molecule has 2 aromatic heterocycles. The number of thiophene rings is 1. The third-order valence-electron chi connectivity index (χ3n) is 2.05. The van der Waals surface area contributed by atoms with Crippen LogP contribution >= 0.6 is 27.3 Å². The number of rotatable bonds is 2. The van der Waals surface area contributed by atoms with Crippen molar-refractivity contribution in [2.45, 2.75) is 6.92 Å². The van der Waals surface area contributed by atoms with Crippen LogP contribution in [0.5, 0.6) is 0 Å². The molecule has 0 aliphatic carbocycles. The Hall–Kier alpha value is -1.27. The molecule has 4 nitrogen and oxygen atoms in total. The van der Waals surface area contributed by atoms with Crippen LogP contribution in [0.2, 0.25) is 0 Å². The smallest absolute Gasteiger partial charge is 0.339 e. The first-order valence-corrected chi connectivity index (χ1v) is 6.06. The zero-order valence-electron chi connectivity index (χ0n) is 8.27. The molecule has 0 aliphatic rings. The van der Waals surface area contributed by atoms with Crippen molar-refractivity contribution < 1.29 is 9.90 Å². The van der Waals surface area contributed by atoms with E-state index in [1.54, 1.807) is 6.92 Å². The molecule has 16 heavy (non-hydrogen) atoms. The Labute approximate surface area is 104 Å². The molecular formula is C10H7BrN2O2S. The number of hydrogen-bond acceptors (Lipinski definition) is 4. The minimum atomic E-state index is -1.00. The summed E-state index contributed by atoms with van der Waals surface area (Å²) in [7, 11) is 0. The maximum absolute atomic E-state index is 11.1. The van der Waals surface area contributed by atoms with E-state index in [1.165, 1.54) is 17.7 Å². The average molecular weight is 299 g/mol. The first-order valence-electron chi connectivity index (χ1n) is 4.39. The summed E-state index contributed by atoms with van der Waals surface area (Å²) < 4.78 is 0.917. The second-order valence-electron chi connectivity index (χ2n) is 3.12. The molecule has 0 aromatic carbocycles. The fourth-order valence-electron chi connectivity index (χ4n) is 1.35. The van der Waals surface area contributed by atoms with Gasteiger partial charge in [0, 0.05) is 9.85 Å². The summed E-state index contributed by atoms with van der Waals surface area (Å²) >= 11 is 4.77. The summed E-state index contributed by atoms with van der Waals surface area (Å²) in [4.78, 5) is 19.9. The second kappa shape index (κ2) is 4.31. The van der Waals surface area contributed by atoms with Gasteiger partial charge >= 0.3 is 5.97 Å². The third-order valence-corrected chi connectivity index (χ3v) is 3.75. The Bertz CT molecular complexity index is 554. The second-order valence-corrected chi connectivity index (χ2v) is 4.94. The van der Waals surface area contributed by atoms with Gasteiger partial charge in [0.05, 0.1) is 16.3 Å². The van der Waals surface area contributed by atoms with Gasteiger partial charge in [-0.15, -0.1) is 11.3 Å². The largest absolute Gasteiger partial charge is 0.478 e. The van der Waals surface area contributed by atoms with Gasteiger partial charge in [-0.25, -0.2) is 14.8 Å². The number of hydrogen-bond donors (Lipinski definition) is 1. The molecule has 0 unspecified atom stereocenters. The standard InChI is InChI=1S/C10H7BrN2O2S/c1-5-8(10(14)15)9(13-4-12-5)7-2-6(11)3-16-7/h2-4H,1H3,(H,14,15). The number of halogens is 1. The van der Waals surface area contributed by atoms with Crippen molar-refractivity contribution in [1.82, 2.24) is 9.97 Å². The van der Waals surface area contributed by atoms with Gasteiger partial charge in [-0.2, -0.15) is 0 Å². The van der Waals surface area contributed by atoms with Crippen molar-refractivity contribution in [2.24, 2.45) is 0 Å². The van der Waals surface area contributed by atoms with E-state index in [0.717, 1.165) is 9.35 Å². The van der Waals surface area contributed by atoms with Gasteiger partial charge in [0.1, 0.15) is 11.9 Å². The lowest BCUT2D eigenvalue weighted by molar-refractivity contribution is 0.0696. The van der Waals surface area contributed by atoms with Gasteiger partial charge in [0.25, 0.3) is 0 Å². The fourth-order valence-corrected chi connectivity index (χ4v) is 2.78. The molecule has 0 saturated heterocycles. The van der Waals surface area contributed by atoms with Crippen LogP contribution in [0, 0.1) is 6.92 Å². The molecule has 0 radical (unpaired) electrons. The molecule has 2 rings (SSSR count). The molecule has 1 N–H and O–H groups in total. The predicted molar refractivity (Wildman–Crippen MR) is 64.7 cm³/mol. The highest BCUT2D eigenvalue weighted by atomic mass is 79.9. The number of carboxylic acids is 1. The highest BCUT2D eigenvalue weighted by Gasteiger charge is 2.17. The monoisotopic (exact) mass is 298 g/mol. The van der Waals surface area contributed by atoms with Crippen molar-refractivity contribution in [3.8, 4) is 10.6 Å². The quantitative estimate of drug-likeness (QED) is 0.926. The van der Waals surface area contributed by atoms with Crippen LogP contribution in [-0.2, 0) is 0 Å². The maximum Gasteiger partial charge on any atom is 0.339 e. The Morgan fingerprint density at radius 2 is 2.25 bits per heavy atom. The van der Waals surface area contributed by atoms with Gasteiger partial charge in [-0.1, -0.05) is 0 Å². The summed E-state index contributed by atoms with van der Waals surface area (Å²) in [5.41, 5.74) is 1.11. The first kappa shape index (κ1) is 11.2. The molecule has 82 valence electrons. The molecular weight excluding hydrogens is 292 g/mol. The van der Waals surface area contributed by atoms with Crippen LogP contribution in [0.25, 0.3) is 10.6 Å². The molecule has 0 atom stereocenters. The minimum absolute atomic E-state index is 0.164. The summed E-state index contributed by atoms with van der Waals surface area (Å²) in [6.07, 6.45) is 1.38. The molecule has 0 amide bonds. The number of aromatic nitrogens is 2. The van der Waals surface area contributed by atoms with E-state index >= 15 is 0 Å². The highest BCUT2D eigenvalue weighted by Crippen LogP contribution is 2.31. The minimum Gasteiger partial charge on any atom is -0.478 e. The Morgan fingerprint density at radius 3 is 2.81 bits per heavy atom. The predicted octanol–water partition coefficient (Wildman–Crippen LogP) is 2.97. The van der Waals surface area contributed by atoms with Crippen LogP contribution in [0.15, 0.2) is 22.2 Å². The zero-order chi connectivity index (χ0) is 11.7. The molecule has 2 heterocycles. The summed E-state index contributed by atoms with van der Waals surface area (Å²) in [5.74, 6) is -1.00. The molecule has 0 spiro atoms. The third kappa shape index (κ3) is 1.98. The van der Waals surface area contributed by atoms with Crippen molar-refractivity contribution in [3.05, 3.63) is 33.5 Å². The van der Waals surface area contributed by atoms with Gasteiger partial charge in [0.15, 0.2) is 0 Å². The first-order chi connectivity index (χ1) is 7.59. The molecule has 2 aromatic rings. The molecule has 6 heteroatoms. The number of nitrogens with zero attached hydrogens (tertiary/aromatic N) is 2. The van der Waals surface area contributed by atoms with E-state index in [4.69, 9.17) is 5.11 Å². The highest BCUT2D eigenvalue weighted by molar-refractivity contribution is 9.10. The zero-order valence-corrected chi connectivity index (χ0v) is 10.7. The summed E-state index contributed by atoms with van der Waals surface area (Å²) in [6.45, 7) is 1.66. The normalized spacial score (nSPS) is 10.4. The van der Waals surface area contributed by atoms with Gasteiger partial charge in [-0.3, -0.25) is 0 Å². The number of carbonyl (C=O) groups is 1. The van der Waals surface area contributed by atoms with Crippen LogP contribution < -0.4 is 0 Å². The van der Waals surface area contributed by atoms with E-state index in [1.807, 2.05) is 11.4 Å². The van der Waals surface area contributed by atoms with Gasteiger partial charge in [-0.05, 0) is 28.9 Å². The number of aromatic carboxylic acids is 1. The molecule has 0 saturated carbocycles. The van der Waals surface area contributed by atoms with Crippen molar-refractivity contribution in [1.29, 1.82) is 0 Å². The van der Waals surface area contributed by atoms with E-state index in [-0.39, 0.29) is 5.56 Å². The Kier molecular flexibility index (Phi) is 3.02. The van der Waals surface area contributed by atoms with E-state index in [2.05, 4.69) is 25.9 Å². The van der Waals surface area contributed by atoms with Crippen LogP contribution in [0.1, 0.15) is 16.1 Å². The lowest BCUT2D eigenvalue weighted by atomic mass is 10.1. The Balaban J connectivity index is 2.65. The van der Waals surface area contributed by atoms with E-state index in [0.29, 0.717) is 11.4 Å². The average Bonchev–Trinajstić information content (AvgIpc) is 2.63. The van der Waals surface area contributed by atoms with Crippen molar-refractivity contribution >= 4 is 33.2 Å². The molecule has 0 fully saturated rings. The van der Waals surface area contributed by atoms with Gasteiger partial charge in [0.2, 0.25) is 0 Å². The lowest BCUT2D eigenvalue weighted by Gasteiger charge is -2.04. The molecule has 0 aliphatic heterocycles. The SMILES string of the molecule is Cc1ncnc(-c2cc(Br)cs2)c1C(=O)O. The lowest BCUT2D eigenvalue weighted by Crippen LogP contribution is -2.05. The maximum atomic E-state index is 11.1. The van der Waals surface area contributed by atoms with Crippen LogP contribution in [-0.4, -0.2) is 21.0 Å². The van der Waals surface area contributed by atoms with E-state index in [9.17, 15) is 4.79 Å². The van der Waals surface area contributed by atoms with Crippen molar-refractivity contribution in [2.75, 3.05) is 0 Å². The van der Waals surface area contributed by atoms with Crippen LogP contribution in [0.4, 0.5) is 0 Å². The molecule has 0 bridgehead atoms. The van der Waals surface area contributed by atoms with E-state index < -0.39 is 5.97 Å². The number of carboxylic acid groups (broad SMARTS) is 1.